The molecule has 0 spiro atoms. The quantitative estimate of drug-likeness (QED) is 0.587. The Morgan fingerprint density at radius 3 is 2.44 bits per heavy atom. The van der Waals surface area contributed by atoms with E-state index in [9.17, 15) is 9.59 Å². The second-order valence-electron chi connectivity index (χ2n) is 6.38. The maximum absolute atomic E-state index is 12.5. The van der Waals surface area contributed by atoms with E-state index in [4.69, 9.17) is 23.2 Å². The summed E-state index contributed by atoms with van der Waals surface area (Å²) < 4.78 is 0. The highest BCUT2D eigenvalue weighted by Gasteiger charge is 2.27. The van der Waals surface area contributed by atoms with E-state index in [-0.39, 0.29) is 11.7 Å². The van der Waals surface area contributed by atoms with Gasteiger partial charge in [-0.1, -0.05) is 47.5 Å². The topological polar surface area (TPSA) is 46.2 Å². The number of fused-ring (bicyclic) bond motifs is 1. The highest BCUT2D eigenvalue weighted by Crippen LogP contribution is 2.40. The highest BCUT2D eigenvalue weighted by molar-refractivity contribution is 6.35. The Kier molecular flexibility index (Phi) is 4.73. The van der Waals surface area contributed by atoms with Gasteiger partial charge in [-0.2, -0.15) is 0 Å². The first-order valence-corrected chi connectivity index (χ1v) is 9.31. The van der Waals surface area contributed by atoms with Crippen molar-refractivity contribution in [3.05, 3.63) is 87.4 Å². The van der Waals surface area contributed by atoms with Gasteiger partial charge in [-0.3, -0.25) is 9.59 Å². The van der Waals surface area contributed by atoms with Gasteiger partial charge in [-0.15, -0.1) is 0 Å². The zero-order chi connectivity index (χ0) is 19.0. The van der Waals surface area contributed by atoms with Crippen LogP contribution in [-0.2, 0) is 6.42 Å². The third-order valence-corrected chi connectivity index (χ3v) is 5.26. The average molecular weight is 396 g/mol. The van der Waals surface area contributed by atoms with Gasteiger partial charge in [0.05, 0.1) is 5.69 Å². The van der Waals surface area contributed by atoms with E-state index in [2.05, 4.69) is 5.32 Å². The predicted octanol–water partition coefficient (Wildman–Crippen LogP) is 6.04. The monoisotopic (exact) mass is 395 g/mol. The normalized spacial score (nSPS) is 12.7. The average Bonchev–Trinajstić information content (AvgIpc) is 3.07. The largest absolute Gasteiger partial charge is 0.321 e. The first-order valence-electron chi connectivity index (χ1n) is 8.55. The third kappa shape index (κ3) is 3.36. The van der Waals surface area contributed by atoms with Crippen LogP contribution in [0.3, 0.4) is 0 Å². The maximum atomic E-state index is 12.5. The molecule has 1 N–H and O–H groups in total. The zero-order valence-electron chi connectivity index (χ0n) is 14.3. The summed E-state index contributed by atoms with van der Waals surface area (Å²) in [6, 6.07) is 17.8. The van der Waals surface area contributed by atoms with Crippen molar-refractivity contribution < 1.29 is 9.59 Å². The van der Waals surface area contributed by atoms with Crippen LogP contribution in [0, 0.1) is 0 Å². The molecule has 0 fully saturated rings. The zero-order valence-corrected chi connectivity index (χ0v) is 15.8. The number of ketones is 1. The molecule has 0 heterocycles. The fourth-order valence-electron chi connectivity index (χ4n) is 3.43. The lowest BCUT2D eigenvalue weighted by atomic mass is 9.95. The fourth-order valence-corrected chi connectivity index (χ4v) is 3.83. The number of hydrogen-bond acceptors (Lipinski definition) is 2. The molecule has 0 radical (unpaired) electrons. The van der Waals surface area contributed by atoms with Crippen LogP contribution in [-0.4, -0.2) is 11.7 Å². The Morgan fingerprint density at radius 1 is 0.889 bits per heavy atom. The van der Waals surface area contributed by atoms with E-state index < -0.39 is 0 Å². The molecular weight excluding hydrogens is 381 g/mol. The lowest BCUT2D eigenvalue weighted by Gasteiger charge is -2.15. The maximum Gasteiger partial charge on any atom is 0.255 e. The number of carbonyl (C=O) groups excluding carboxylic acids is 2. The van der Waals surface area contributed by atoms with Crippen molar-refractivity contribution in [2.45, 2.75) is 12.8 Å². The van der Waals surface area contributed by atoms with Crippen LogP contribution < -0.4 is 5.32 Å². The predicted molar refractivity (Wildman–Crippen MR) is 109 cm³/mol. The minimum absolute atomic E-state index is 0.0216. The van der Waals surface area contributed by atoms with E-state index in [1.165, 1.54) is 0 Å². The van der Waals surface area contributed by atoms with Crippen LogP contribution in [0.2, 0.25) is 10.0 Å². The molecule has 0 saturated carbocycles. The molecule has 1 aliphatic rings. The number of anilines is 1. The van der Waals surface area contributed by atoms with Gasteiger partial charge in [0.15, 0.2) is 5.78 Å². The molecule has 0 aliphatic heterocycles. The van der Waals surface area contributed by atoms with Crippen molar-refractivity contribution >= 4 is 40.6 Å². The van der Waals surface area contributed by atoms with Gasteiger partial charge in [-0.25, -0.2) is 0 Å². The molecule has 27 heavy (non-hydrogen) atoms. The molecule has 1 aliphatic carbocycles. The molecule has 0 atom stereocenters. The molecule has 0 saturated heterocycles. The Morgan fingerprint density at radius 2 is 1.67 bits per heavy atom. The van der Waals surface area contributed by atoms with E-state index in [0.717, 1.165) is 16.7 Å². The number of halogens is 2. The molecule has 3 aromatic rings. The number of hydrogen-bond donors (Lipinski definition) is 1. The SMILES string of the molecule is O=C(Nc1ccc(-c2cc(Cl)ccc2Cl)c2c1C(=O)CC2)c1ccccc1. The number of nitrogens with one attached hydrogen (secondary N) is 1. The van der Waals surface area contributed by atoms with Crippen LogP contribution in [0.25, 0.3) is 11.1 Å². The summed E-state index contributed by atoms with van der Waals surface area (Å²) >= 11 is 12.5. The third-order valence-electron chi connectivity index (χ3n) is 4.70. The van der Waals surface area contributed by atoms with Gasteiger partial charge >= 0.3 is 0 Å². The van der Waals surface area contributed by atoms with Gasteiger partial charge in [0.1, 0.15) is 0 Å². The van der Waals surface area contributed by atoms with Crippen molar-refractivity contribution in [3.63, 3.8) is 0 Å². The Balaban J connectivity index is 1.78. The lowest BCUT2D eigenvalue weighted by Crippen LogP contribution is -2.14. The Labute approximate surface area is 166 Å². The molecule has 5 heteroatoms. The molecule has 1 amide bonds. The smallest absolute Gasteiger partial charge is 0.255 e. The molecular formula is C22H15Cl2NO2. The molecule has 0 bridgehead atoms. The second kappa shape index (κ2) is 7.18. The van der Waals surface area contributed by atoms with Crippen LogP contribution in [0.1, 0.15) is 32.7 Å². The van der Waals surface area contributed by atoms with E-state index in [1.807, 2.05) is 12.1 Å². The van der Waals surface area contributed by atoms with Crippen molar-refractivity contribution in [2.24, 2.45) is 0 Å². The first-order chi connectivity index (χ1) is 13.0. The van der Waals surface area contributed by atoms with Gasteiger partial charge in [0.25, 0.3) is 5.91 Å². The van der Waals surface area contributed by atoms with Crippen LogP contribution in [0.5, 0.6) is 0 Å². The lowest BCUT2D eigenvalue weighted by molar-refractivity contribution is 0.0995. The van der Waals surface area contributed by atoms with Gasteiger partial charge < -0.3 is 5.32 Å². The van der Waals surface area contributed by atoms with Crippen molar-refractivity contribution in [1.82, 2.24) is 0 Å². The fraction of sp³-hybridized carbons (Fsp3) is 0.0909. The van der Waals surface area contributed by atoms with Gasteiger partial charge in [-0.05, 0) is 53.9 Å². The summed E-state index contributed by atoms with van der Waals surface area (Å²) in [4.78, 5) is 25.0. The summed E-state index contributed by atoms with van der Waals surface area (Å²) in [5.74, 6) is -0.223. The van der Waals surface area contributed by atoms with Crippen LogP contribution in [0.4, 0.5) is 5.69 Å². The summed E-state index contributed by atoms with van der Waals surface area (Å²) in [7, 11) is 0. The molecule has 3 nitrogen and oxygen atoms in total. The van der Waals surface area contributed by atoms with Crippen LogP contribution >= 0.6 is 23.2 Å². The minimum Gasteiger partial charge on any atom is -0.321 e. The van der Waals surface area contributed by atoms with E-state index in [0.29, 0.717) is 39.7 Å². The molecule has 4 rings (SSSR count). The number of Topliss-reactive ketones (excluding diaryl/α,β-unsaturated/α-hetero) is 1. The number of amides is 1. The number of carbonyl (C=O) groups is 2. The molecule has 0 aromatic heterocycles. The van der Waals surface area contributed by atoms with E-state index in [1.54, 1.807) is 48.5 Å². The highest BCUT2D eigenvalue weighted by atomic mass is 35.5. The van der Waals surface area contributed by atoms with Crippen LogP contribution in [0.15, 0.2) is 60.7 Å². The van der Waals surface area contributed by atoms with Crippen molar-refractivity contribution in [1.29, 1.82) is 0 Å². The van der Waals surface area contributed by atoms with Crippen molar-refractivity contribution in [3.8, 4) is 11.1 Å². The van der Waals surface area contributed by atoms with Crippen molar-refractivity contribution in [2.75, 3.05) is 5.32 Å². The molecule has 3 aromatic carbocycles. The Bertz CT molecular complexity index is 1060. The van der Waals surface area contributed by atoms with Gasteiger partial charge in [0, 0.05) is 33.2 Å². The standard InChI is InChI=1S/C22H15Cl2NO2/c23-14-6-9-18(24)17(12-14)15-7-10-19(21-16(15)8-11-20(21)26)25-22(27)13-4-2-1-3-5-13/h1-7,9-10,12H,8,11H2,(H,25,27). The summed E-state index contributed by atoms with van der Waals surface area (Å²) in [6.07, 6.45) is 1.03. The second-order valence-corrected chi connectivity index (χ2v) is 7.23. The summed E-state index contributed by atoms with van der Waals surface area (Å²) in [5, 5.41) is 4.02. The number of benzene rings is 3. The first kappa shape index (κ1) is 17.8. The van der Waals surface area contributed by atoms with E-state index >= 15 is 0 Å². The summed E-state index contributed by atoms with van der Waals surface area (Å²) in [5.41, 5.74) is 4.20. The number of rotatable bonds is 3. The molecule has 134 valence electrons. The van der Waals surface area contributed by atoms with Gasteiger partial charge in [0.2, 0.25) is 0 Å². The molecule has 0 unspecified atom stereocenters. The summed E-state index contributed by atoms with van der Waals surface area (Å²) in [6.45, 7) is 0. The minimum atomic E-state index is -0.244. The Hall–Kier alpha value is -2.62.